The summed E-state index contributed by atoms with van der Waals surface area (Å²) in [4.78, 5) is 0. The molecular weight excluding hydrogens is 448 g/mol. The molecule has 9 heteroatoms. The summed E-state index contributed by atoms with van der Waals surface area (Å²) in [5.74, 6) is -1.23. The van der Waals surface area contributed by atoms with Gasteiger partial charge in [-0.15, -0.1) is 0 Å². The molecular formula is C26H30N4O5. The minimum absolute atomic E-state index is 0.0642. The maximum absolute atomic E-state index is 10.6. The predicted molar refractivity (Wildman–Crippen MR) is 123 cm³/mol. The lowest BCUT2D eigenvalue weighted by atomic mass is 9.49. The Balaban J connectivity index is 1.99. The van der Waals surface area contributed by atoms with Crippen LogP contribution in [0.3, 0.4) is 0 Å². The van der Waals surface area contributed by atoms with Crippen molar-refractivity contribution in [3.63, 3.8) is 0 Å². The molecule has 5 atom stereocenters. The van der Waals surface area contributed by atoms with Gasteiger partial charge >= 0.3 is 0 Å². The van der Waals surface area contributed by atoms with E-state index in [1.807, 2.05) is 0 Å². The summed E-state index contributed by atoms with van der Waals surface area (Å²) < 4.78 is 29.2. The fourth-order valence-electron chi connectivity index (χ4n) is 6.24. The summed E-state index contributed by atoms with van der Waals surface area (Å²) in [6.45, 7) is 6.39. The van der Waals surface area contributed by atoms with Crippen LogP contribution in [0.1, 0.15) is 51.7 Å². The highest BCUT2D eigenvalue weighted by molar-refractivity contribution is 5.89. The van der Waals surface area contributed by atoms with E-state index >= 15 is 0 Å². The van der Waals surface area contributed by atoms with E-state index in [4.69, 9.17) is 29.1 Å². The van der Waals surface area contributed by atoms with E-state index < -0.39 is 28.6 Å². The minimum Gasteiger partial charge on any atom is -0.493 e. The van der Waals surface area contributed by atoms with Crippen molar-refractivity contribution in [2.24, 2.45) is 28.1 Å². The van der Waals surface area contributed by atoms with Gasteiger partial charge in [0.05, 0.1) is 45.5 Å². The third-order valence-corrected chi connectivity index (χ3v) is 8.15. The van der Waals surface area contributed by atoms with E-state index in [0.717, 1.165) is 6.42 Å². The zero-order valence-corrected chi connectivity index (χ0v) is 20.9. The Bertz CT molecular complexity index is 1170. The Labute approximate surface area is 205 Å². The van der Waals surface area contributed by atoms with Gasteiger partial charge in [-0.25, -0.2) is 0 Å². The van der Waals surface area contributed by atoms with Gasteiger partial charge in [0.15, 0.2) is 16.9 Å². The normalized spacial score (nSPS) is 32.8. The number of nitriles is 3. The molecule has 35 heavy (non-hydrogen) atoms. The smallest absolute Gasteiger partial charge is 0.217 e. The van der Waals surface area contributed by atoms with E-state index in [0.29, 0.717) is 24.2 Å². The van der Waals surface area contributed by atoms with Crippen LogP contribution in [0.5, 0.6) is 17.2 Å². The third kappa shape index (κ3) is 2.96. The molecule has 0 spiro atoms. The SMILES string of the molecule is COc1ccc(C2OC34CCC(C(C)(C)C)CC3C(C#N)(C(=N)O4)C2(C#N)C#N)c(OC)c1OC. The fourth-order valence-corrected chi connectivity index (χ4v) is 6.24. The first-order chi connectivity index (χ1) is 16.6. The van der Waals surface area contributed by atoms with Crippen molar-refractivity contribution in [1.29, 1.82) is 21.2 Å². The Morgan fingerprint density at radius 1 is 1.00 bits per heavy atom. The zero-order valence-electron chi connectivity index (χ0n) is 20.9. The minimum atomic E-state index is -2.07. The first-order valence-corrected chi connectivity index (χ1v) is 11.5. The van der Waals surface area contributed by atoms with Crippen LogP contribution in [0.4, 0.5) is 0 Å². The first kappa shape index (κ1) is 24.6. The first-order valence-electron chi connectivity index (χ1n) is 11.5. The highest BCUT2D eigenvalue weighted by Gasteiger charge is 2.81. The van der Waals surface area contributed by atoms with Gasteiger partial charge in [-0.3, -0.25) is 5.41 Å². The van der Waals surface area contributed by atoms with Crippen LogP contribution in [-0.4, -0.2) is 33.0 Å². The molecule has 2 bridgehead atoms. The maximum Gasteiger partial charge on any atom is 0.217 e. The highest BCUT2D eigenvalue weighted by Crippen LogP contribution is 2.71. The monoisotopic (exact) mass is 478 g/mol. The molecule has 1 N–H and O–H groups in total. The summed E-state index contributed by atoms with van der Waals surface area (Å²) in [6, 6.07) is 9.72. The molecule has 3 aliphatic rings. The number of nitrogens with zero attached hydrogens (tertiary/aromatic N) is 3. The lowest BCUT2D eigenvalue weighted by Crippen LogP contribution is -2.61. The molecule has 0 amide bonds. The molecule has 4 rings (SSSR count). The van der Waals surface area contributed by atoms with Crippen molar-refractivity contribution in [2.75, 3.05) is 21.3 Å². The van der Waals surface area contributed by atoms with Gasteiger partial charge in [-0.05, 0) is 36.3 Å². The lowest BCUT2D eigenvalue weighted by Gasteiger charge is -2.54. The van der Waals surface area contributed by atoms with E-state index in [1.165, 1.54) is 21.3 Å². The summed E-state index contributed by atoms with van der Waals surface area (Å²) in [5, 5.41) is 40.5. The second-order valence-corrected chi connectivity index (χ2v) is 10.5. The summed E-state index contributed by atoms with van der Waals surface area (Å²) in [6.07, 6.45) is 0.457. The van der Waals surface area contributed by atoms with Crippen molar-refractivity contribution in [3.8, 4) is 35.5 Å². The van der Waals surface area contributed by atoms with Gasteiger partial charge in [0, 0.05) is 12.0 Å². The van der Waals surface area contributed by atoms with Gasteiger partial charge in [-0.1, -0.05) is 20.8 Å². The largest absolute Gasteiger partial charge is 0.493 e. The summed E-state index contributed by atoms with van der Waals surface area (Å²) in [5.41, 5.74) is -3.61. The van der Waals surface area contributed by atoms with Gasteiger partial charge in [-0.2, -0.15) is 15.8 Å². The Morgan fingerprint density at radius 2 is 1.66 bits per heavy atom. The highest BCUT2D eigenvalue weighted by atomic mass is 16.7. The van der Waals surface area contributed by atoms with Crippen LogP contribution in [0.2, 0.25) is 0 Å². The van der Waals surface area contributed by atoms with Crippen molar-refractivity contribution in [3.05, 3.63) is 17.7 Å². The van der Waals surface area contributed by atoms with Gasteiger partial charge in [0.1, 0.15) is 6.10 Å². The molecule has 0 radical (unpaired) electrons. The van der Waals surface area contributed by atoms with Crippen LogP contribution in [-0.2, 0) is 9.47 Å². The van der Waals surface area contributed by atoms with Crippen LogP contribution in [0.25, 0.3) is 0 Å². The Morgan fingerprint density at radius 3 is 2.17 bits per heavy atom. The quantitative estimate of drug-likeness (QED) is 0.667. The second-order valence-electron chi connectivity index (χ2n) is 10.5. The number of benzene rings is 1. The standard InChI is InChI=1S/C26H30N4O5/c1-23(2,3)15-9-10-26-18(11-15)25(14-29,22(30)35-26)24(12-27,13-28)21(34-26)16-7-8-17(31-4)20(33-6)19(16)32-5/h7-8,15,18,21,30H,9-11H2,1-6H3. The third-order valence-electron chi connectivity index (χ3n) is 8.15. The molecule has 2 saturated heterocycles. The molecule has 184 valence electrons. The molecule has 1 aliphatic carbocycles. The van der Waals surface area contributed by atoms with Crippen molar-refractivity contribution in [1.82, 2.24) is 0 Å². The topological polar surface area (TPSA) is 141 Å². The molecule has 3 fully saturated rings. The Kier molecular flexibility index (Phi) is 5.66. The second kappa shape index (κ2) is 8.04. The number of ether oxygens (including phenoxy) is 5. The average molecular weight is 479 g/mol. The number of methoxy groups -OCH3 is 3. The number of hydrogen-bond donors (Lipinski definition) is 1. The van der Waals surface area contributed by atoms with E-state index in [-0.39, 0.29) is 28.7 Å². The molecule has 0 aromatic heterocycles. The molecule has 9 nitrogen and oxygen atoms in total. The van der Waals surface area contributed by atoms with E-state index in [2.05, 4.69) is 39.0 Å². The van der Waals surface area contributed by atoms with E-state index in [1.54, 1.807) is 12.1 Å². The fraction of sp³-hybridized carbons (Fsp3) is 0.615. The molecule has 2 aliphatic heterocycles. The average Bonchev–Trinajstić information content (AvgIpc) is 3.05. The van der Waals surface area contributed by atoms with Gasteiger partial charge in [0.2, 0.25) is 22.8 Å². The maximum atomic E-state index is 10.6. The zero-order chi connectivity index (χ0) is 25.8. The van der Waals surface area contributed by atoms with Gasteiger partial charge in [0.25, 0.3) is 0 Å². The summed E-state index contributed by atoms with van der Waals surface area (Å²) >= 11 is 0. The molecule has 1 saturated carbocycles. The van der Waals surface area contributed by atoms with Crippen molar-refractivity contribution >= 4 is 5.90 Å². The lowest BCUT2D eigenvalue weighted by molar-refractivity contribution is -0.301. The molecule has 1 aromatic rings. The number of nitrogens with one attached hydrogen (secondary N) is 1. The van der Waals surface area contributed by atoms with Crippen molar-refractivity contribution in [2.45, 2.75) is 51.9 Å². The number of hydrogen-bond acceptors (Lipinski definition) is 9. The molecule has 1 aromatic carbocycles. The molecule has 5 unspecified atom stereocenters. The number of rotatable bonds is 4. The Hall–Kier alpha value is -3.48. The molecule has 2 heterocycles. The predicted octanol–water partition coefficient (Wildman–Crippen LogP) is 4.49. The van der Waals surface area contributed by atoms with Crippen LogP contribution in [0, 0.1) is 67.5 Å². The van der Waals surface area contributed by atoms with Crippen molar-refractivity contribution < 1.29 is 23.7 Å². The van der Waals surface area contributed by atoms with E-state index in [9.17, 15) is 15.8 Å². The van der Waals surface area contributed by atoms with Crippen LogP contribution < -0.4 is 14.2 Å². The van der Waals surface area contributed by atoms with Gasteiger partial charge < -0.3 is 23.7 Å². The summed E-state index contributed by atoms with van der Waals surface area (Å²) in [7, 11) is 4.38. The van der Waals surface area contributed by atoms with Crippen LogP contribution >= 0.6 is 0 Å². The van der Waals surface area contributed by atoms with Crippen LogP contribution in [0.15, 0.2) is 12.1 Å².